The van der Waals surface area contributed by atoms with E-state index in [1.165, 1.54) is 6.07 Å². The molecule has 0 saturated heterocycles. The van der Waals surface area contributed by atoms with Crippen molar-refractivity contribution in [1.82, 2.24) is 5.32 Å². The molecular formula is C16H16ClNO2. The Kier molecular flexibility index (Phi) is 4.64. The molecule has 3 nitrogen and oxygen atoms in total. The van der Waals surface area contributed by atoms with Crippen molar-refractivity contribution in [2.24, 2.45) is 0 Å². The van der Waals surface area contributed by atoms with Crippen molar-refractivity contribution in [3.8, 4) is 5.75 Å². The summed E-state index contributed by atoms with van der Waals surface area (Å²) in [5.41, 5.74) is 2.34. The molecule has 0 aliphatic heterocycles. The van der Waals surface area contributed by atoms with E-state index in [9.17, 15) is 9.90 Å². The fourth-order valence-electron chi connectivity index (χ4n) is 1.90. The number of hydrogen-bond acceptors (Lipinski definition) is 2. The lowest BCUT2D eigenvalue weighted by Gasteiger charge is -2.08. The Morgan fingerprint density at radius 3 is 2.60 bits per heavy atom. The predicted molar refractivity (Wildman–Crippen MR) is 80.3 cm³/mol. The standard InChI is InChI=1S/C16H16ClNO2/c1-11-2-7-15(19)14(10-11)16(20)18-9-8-12-3-5-13(17)6-4-12/h2-7,10,19H,8-9H2,1H3,(H,18,20). The second-order valence-electron chi connectivity index (χ2n) is 4.65. The molecule has 20 heavy (non-hydrogen) atoms. The summed E-state index contributed by atoms with van der Waals surface area (Å²) in [4.78, 5) is 12.0. The van der Waals surface area contributed by atoms with Crippen LogP contribution in [0.5, 0.6) is 5.75 Å². The molecule has 0 saturated carbocycles. The number of phenolic OH excluding ortho intramolecular Hbond substituents is 1. The number of amides is 1. The fourth-order valence-corrected chi connectivity index (χ4v) is 2.02. The van der Waals surface area contributed by atoms with Gasteiger partial charge in [0.1, 0.15) is 5.75 Å². The average molecular weight is 290 g/mol. The first-order chi connectivity index (χ1) is 9.56. The molecule has 2 rings (SSSR count). The number of carbonyl (C=O) groups is 1. The van der Waals surface area contributed by atoms with Crippen molar-refractivity contribution >= 4 is 17.5 Å². The van der Waals surface area contributed by atoms with Gasteiger partial charge in [-0.15, -0.1) is 0 Å². The molecule has 0 aliphatic carbocycles. The number of benzene rings is 2. The van der Waals surface area contributed by atoms with Crippen LogP contribution in [0.2, 0.25) is 5.02 Å². The van der Waals surface area contributed by atoms with Gasteiger partial charge in [-0.1, -0.05) is 35.4 Å². The first kappa shape index (κ1) is 14.4. The molecule has 0 heterocycles. The van der Waals surface area contributed by atoms with Gasteiger partial charge in [0.25, 0.3) is 5.91 Å². The Bertz CT molecular complexity index is 608. The summed E-state index contributed by atoms with van der Waals surface area (Å²) in [7, 11) is 0. The number of nitrogens with one attached hydrogen (secondary N) is 1. The lowest BCUT2D eigenvalue weighted by atomic mass is 10.1. The third-order valence-electron chi connectivity index (χ3n) is 3.01. The largest absolute Gasteiger partial charge is 0.507 e. The van der Waals surface area contributed by atoms with E-state index >= 15 is 0 Å². The van der Waals surface area contributed by atoms with Gasteiger partial charge in [0.2, 0.25) is 0 Å². The topological polar surface area (TPSA) is 49.3 Å². The molecule has 0 unspecified atom stereocenters. The molecule has 0 spiro atoms. The van der Waals surface area contributed by atoms with Crippen molar-refractivity contribution in [3.63, 3.8) is 0 Å². The van der Waals surface area contributed by atoms with Crippen molar-refractivity contribution in [1.29, 1.82) is 0 Å². The molecule has 2 aromatic rings. The molecule has 2 N–H and O–H groups in total. The van der Waals surface area contributed by atoms with E-state index < -0.39 is 0 Å². The van der Waals surface area contributed by atoms with Crippen LogP contribution in [0.15, 0.2) is 42.5 Å². The van der Waals surface area contributed by atoms with Gasteiger partial charge in [0.05, 0.1) is 5.56 Å². The zero-order chi connectivity index (χ0) is 14.5. The van der Waals surface area contributed by atoms with E-state index in [0.717, 1.165) is 17.5 Å². The average Bonchev–Trinajstić information content (AvgIpc) is 2.43. The van der Waals surface area contributed by atoms with Crippen LogP contribution in [-0.2, 0) is 6.42 Å². The summed E-state index contributed by atoms with van der Waals surface area (Å²) in [6.45, 7) is 2.39. The molecule has 0 aliphatic rings. The maximum Gasteiger partial charge on any atom is 0.255 e. The maximum atomic E-state index is 12.0. The number of aromatic hydroxyl groups is 1. The first-order valence-corrected chi connectivity index (χ1v) is 6.76. The van der Waals surface area contributed by atoms with Gasteiger partial charge in [-0.25, -0.2) is 0 Å². The van der Waals surface area contributed by atoms with Crippen LogP contribution in [0.25, 0.3) is 0 Å². The highest BCUT2D eigenvalue weighted by atomic mass is 35.5. The van der Waals surface area contributed by atoms with Gasteiger partial charge in [0, 0.05) is 11.6 Å². The van der Waals surface area contributed by atoms with Crippen LogP contribution in [0.3, 0.4) is 0 Å². The molecular weight excluding hydrogens is 274 g/mol. The molecule has 4 heteroatoms. The van der Waals surface area contributed by atoms with Crippen molar-refractivity contribution in [2.45, 2.75) is 13.3 Å². The Balaban J connectivity index is 1.92. The van der Waals surface area contributed by atoms with Crippen LogP contribution in [0.4, 0.5) is 0 Å². The molecule has 0 atom stereocenters. The normalized spacial score (nSPS) is 10.3. The van der Waals surface area contributed by atoms with Crippen LogP contribution < -0.4 is 5.32 Å². The zero-order valence-electron chi connectivity index (χ0n) is 11.2. The van der Waals surface area contributed by atoms with E-state index in [4.69, 9.17) is 11.6 Å². The number of rotatable bonds is 4. The number of carbonyl (C=O) groups excluding carboxylic acids is 1. The van der Waals surface area contributed by atoms with Crippen molar-refractivity contribution in [3.05, 3.63) is 64.2 Å². The molecule has 1 amide bonds. The second kappa shape index (κ2) is 6.44. The lowest BCUT2D eigenvalue weighted by molar-refractivity contribution is 0.0951. The molecule has 0 fully saturated rings. The number of phenols is 1. The highest BCUT2D eigenvalue weighted by Gasteiger charge is 2.10. The van der Waals surface area contributed by atoms with Crippen molar-refractivity contribution in [2.75, 3.05) is 6.54 Å². The summed E-state index contributed by atoms with van der Waals surface area (Å²) in [6, 6.07) is 12.5. The quantitative estimate of drug-likeness (QED) is 0.907. The minimum atomic E-state index is -0.264. The van der Waals surface area contributed by atoms with Gasteiger partial charge < -0.3 is 10.4 Å². The van der Waals surface area contributed by atoms with E-state index in [1.54, 1.807) is 12.1 Å². The third-order valence-corrected chi connectivity index (χ3v) is 3.26. The Morgan fingerprint density at radius 1 is 1.20 bits per heavy atom. The Labute approximate surface area is 123 Å². The van der Waals surface area contributed by atoms with E-state index in [2.05, 4.69) is 5.32 Å². The summed E-state index contributed by atoms with van der Waals surface area (Å²) in [5.74, 6) is -0.264. The van der Waals surface area contributed by atoms with Crippen LogP contribution >= 0.6 is 11.6 Å². The van der Waals surface area contributed by atoms with Gasteiger partial charge in [0.15, 0.2) is 0 Å². The van der Waals surface area contributed by atoms with E-state index in [-0.39, 0.29) is 11.7 Å². The minimum Gasteiger partial charge on any atom is -0.507 e. The van der Waals surface area contributed by atoms with Gasteiger partial charge in [-0.05, 0) is 43.2 Å². The third kappa shape index (κ3) is 3.75. The fraction of sp³-hybridized carbons (Fsp3) is 0.188. The zero-order valence-corrected chi connectivity index (χ0v) is 11.9. The number of hydrogen-bond donors (Lipinski definition) is 2. The first-order valence-electron chi connectivity index (χ1n) is 6.38. The molecule has 0 aromatic heterocycles. The molecule has 0 bridgehead atoms. The summed E-state index contributed by atoms with van der Waals surface area (Å²) in [6.07, 6.45) is 0.718. The van der Waals surface area contributed by atoms with Crippen LogP contribution in [0, 0.1) is 6.92 Å². The molecule has 0 radical (unpaired) electrons. The Morgan fingerprint density at radius 2 is 1.90 bits per heavy atom. The monoisotopic (exact) mass is 289 g/mol. The smallest absolute Gasteiger partial charge is 0.255 e. The molecule has 2 aromatic carbocycles. The summed E-state index contributed by atoms with van der Waals surface area (Å²) < 4.78 is 0. The minimum absolute atomic E-state index is 0.000377. The Hall–Kier alpha value is -2.00. The highest BCUT2D eigenvalue weighted by molar-refractivity contribution is 6.30. The predicted octanol–water partition coefficient (Wildman–Crippen LogP) is 3.33. The lowest BCUT2D eigenvalue weighted by Crippen LogP contribution is -2.25. The SMILES string of the molecule is Cc1ccc(O)c(C(=O)NCCc2ccc(Cl)cc2)c1. The van der Waals surface area contributed by atoms with E-state index in [0.29, 0.717) is 17.1 Å². The van der Waals surface area contributed by atoms with Gasteiger partial charge >= 0.3 is 0 Å². The van der Waals surface area contributed by atoms with E-state index in [1.807, 2.05) is 31.2 Å². The highest BCUT2D eigenvalue weighted by Crippen LogP contribution is 2.17. The van der Waals surface area contributed by atoms with Crippen LogP contribution in [0.1, 0.15) is 21.5 Å². The second-order valence-corrected chi connectivity index (χ2v) is 5.09. The van der Waals surface area contributed by atoms with Crippen molar-refractivity contribution < 1.29 is 9.90 Å². The number of aryl methyl sites for hydroxylation is 1. The maximum absolute atomic E-state index is 12.0. The van der Waals surface area contributed by atoms with Gasteiger partial charge in [-0.2, -0.15) is 0 Å². The summed E-state index contributed by atoms with van der Waals surface area (Å²) >= 11 is 5.81. The number of halogens is 1. The molecule has 104 valence electrons. The summed E-state index contributed by atoms with van der Waals surface area (Å²) in [5, 5.41) is 13.2. The van der Waals surface area contributed by atoms with Crippen LogP contribution in [-0.4, -0.2) is 17.6 Å². The van der Waals surface area contributed by atoms with Gasteiger partial charge in [-0.3, -0.25) is 4.79 Å².